The Labute approximate surface area is 152 Å². The number of amides is 1. The van der Waals surface area contributed by atoms with Gasteiger partial charge in [-0.1, -0.05) is 13.8 Å². The Bertz CT molecular complexity index is 706. The Kier molecular flexibility index (Phi) is 5.64. The van der Waals surface area contributed by atoms with Gasteiger partial charge in [0.25, 0.3) is 0 Å². The molecule has 1 fully saturated rings. The minimum absolute atomic E-state index is 0.0207. The number of carbonyl (C=O) groups excluding carboxylic acids is 2. The van der Waals surface area contributed by atoms with Crippen molar-refractivity contribution in [2.75, 3.05) is 0 Å². The normalized spacial score (nSPS) is 21.0. The SMILES string of the molecule is CC(C)C1(C(=O)NCc2cc(C(F)(F)F)cc(C(F)(F)F)c2)CCC(=O)C1. The zero-order valence-electron chi connectivity index (χ0n) is 14.7. The summed E-state index contributed by atoms with van der Waals surface area (Å²) in [6, 6.07) is 1.20. The lowest BCUT2D eigenvalue weighted by Gasteiger charge is -2.31. The summed E-state index contributed by atoms with van der Waals surface area (Å²) in [6.45, 7) is 3.02. The van der Waals surface area contributed by atoms with Gasteiger partial charge in [0.1, 0.15) is 5.78 Å². The summed E-state index contributed by atoms with van der Waals surface area (Å²) in [4.78, 5) is 24.2. The zero-order chi connectivity index (χ0) is 20.6. The van der Waals surface area contributed by atoms with Gasteiger partial charge in [-0.25, -0.2) is 0 Å². The molecule has 0 radical (unpaired) electrons. The molecule has 1 aliphatic rings. The van der Waals surface area contributed by atoms with E-state index in [4.69, 9.17) is 0 Å². The summed E-state index contributed by atoms with van der Waals surface area (Å²) in [5.74, 6) is -0.817. The minimum atomic E-state index is -4.95. The first kappa shape index (κ1) is 21.2. The van der Waals surface area contributed by atoms with E-state index in [1.807, 2.05) is 0 Å². The van der Waals surface area contributed by atoms with Crippen molar-refractivity contribution >= 4 is 11.7 Å². The van der Waals surface area contributed by atoms with Crippen molar-refractivity contribution < 1.29 is 35.9 Å². The largest absolute Gasteiger partial charge is 0.416 e. The second-order valence-corrected chi connectivity index (χ2v) is 7.12. The number of nitrogens with one attached hydrogen (secondary N) is 1. The maximum atomic E-state index is 12.9. The van der Waals surface area contributed by atoms with E-state index < -0.39 is 41.3 Å². The fraction of sp³-hybridized carbons (Fsp3) is 0.556. The third kappa shape index (κ3) is 4.62. The molecule has 0 spiro atoms. The van der Waals surface area contributed by atoms with Gasteiger partial charge >= 0.3 is 12.4 Å². The van der Waals surface area contributed by atoms with Crippen molar-refractivity contribution in [3.05, 3.63) is 34.9 Å². The zero-order valence-corrected chi connectivity index (χ0v) is 14.7. The number of carbonyl (C=O) groups is 2. The first-order valence-corrected chi connectivity index (χ1v) is 8.34. The lowest BCUT2D eigenvalue weighted by molar-refractivity contribution is -0.143. The molecule has 1 aromatic carbocycles. The Morgan fingerprint density at radius 1 is 1.07 bits per heavy atom. The van der Waals surface area contributed by atoms with Gasteiger partial charge in [0.05, 0.1) is 16.5 Å². The number of ketones is 1. The van der Waals surface area contributed by atoms with Gasteiger partial charge in [-0.05, 0) is 36.1 Å². The quantitative estimate of drug-likeness (QED) is 0.749. The van der Waals surface area contributed by atoms with E-state index in [1.54, 1.807) is 13.8 Å². The molecule has 1 atom stereocenters. The molecule has 1 saturated carbocycles. The highest BCUT2D eigenvalue weighted by molar-refractivity contribution is 5.93. The Hall–Kier alpha value is -2.06. The van der Waals surface area contributed by atoms with Gasteiger partial charge in [-0.3, -0.25) is 9.59 Å². The fourth-order valence-electron chi connectivity index (χ4n) is 3.32. The highest BCUT2D eigenvalue weighted by atomic mass is 19.4. The highest BCUT2D eigenvalue weighted by Crippen LogP contribution is 2.43. The molecule has 1 amide bonds. The predicted octanol–water partition coefficient (Wildman–Crippen LogP) is 4.74. The molecule has 0 aliphatic heterocycles. The highest BCUT2D eigenvalue weighted by Gasteiger charge is 2.47. The Morgan fingerprint density at radius 2 is 1.59 bits per heavy atom. The van der Waals surface area contributed by atoms with Crippen LogP contribution in [0.3, 0.4) is 0 Å². The molecule has 3 nitrogen and oxygen atoms in total. The summed E-state index contributed by atoms with van der Waals surface area (Å²) < 4.78 is 77.4. The summed E-state index contributed by atoms with van der Waals surface area (Å²) in [5, 5.41) is 2.42. The summed E-state index contributed by atoms with van der Waals surface area (Å²) >= 11 is 0. The van der Waals surface area contributed by atoms with Crippen LogP contribution in [0, 0.1) is 11.3 Å². The Balaban J connectivity index is 2.26. The first-order chi connectivity index (χ1) is 12.3. The van der Waals surface area contributed by atoms with E-state index >= 15 is 0 Å². The first-order valence-electron chi connectivity index (χ1n) is 8.34. The molecular weight excluding hydrogens is 376 g/mol. The van der Waals surface area contributed by atoms with Crippen LogP contribution in [0.4, 0.5) is 26.3 Å². The standard InChI is InChI=1S/C18H19F6NO2/c1-10(2)16(4-3-14(26)8-16)15(27)25-9-11-5-12(17(19,20)21)7-13(6-11)18(22,23)24/h5-7,10H,3-4,8-9H2,1-2H3,(H,25,27). The molecule has 0 bridgehead atoms. The smallest absolute Gasteiger partial charge is 0.352 e. The molecule has 27 heavy (non-hydrogen) atoms. The summed E-state index contributed by atoms with van der Waals surface area (Å²) in [5.41, 5.74) is -4.16. The third-order valence-corrected chi connectivity index (χ3v) is 5.02. The molecule has 0 saturated heterocycles. The van der Waals surface area contributed by atoms with Gasteiger partial charge < -0.3 is 5.32 Å². The summed E-state index contributed by atoms with van der Waals surface area (Å²) in [7, 11) is 0. The van der Waals surface area contributed by atoms with Gasteiger partial charge in [-0.15, -0.1) is 0 Å². The van der Waals surface area contributed by atoms with Crippen LogP contribution >= 0.6 is 0 Å². The van der Waals surface area contributed by atoms with Crippen molar-refractivity contribution in [2.24, 2.45) is 11.3 Å². The second kappa shape index (κ2) is 7.16. The maximum absolute atomic E-state index is 12.9. The lowest BCUT2D eigenvalue weighted by Crippen LogP contribution is -2.42. The number of rotatable bonds is 4. The third-order valence-electron chi connectivity index (χ3n) is 5.02. The van der Waals surface area contributed by atoms with E-state index in [0.29, 0.717) is 18.6 Å². The molecule has 9 heteroatoms. The van der Waals surface area contributed by atoms with E-state index in [2.05, 4.69) is 5.32 Å². The van der Waals surface area contributed by atoms with Crippen LogP contribution in [0.2, 0.25) is 0 Å². The lowest BCUT2D eigenvalue weighted by atomic mass is 9.75. The van der Waals surface area contributed by atoms with Crippen LogP contribution in [0.15, 0.2) is 18.2 Å². The van der Waals surface area contributed by atoms with E-state index in [0.717, 1.165) is 0 Å². The molecule has 1 N–H and O–H groups in total. The van der Waals surface area contributed by atoms with Crippen LogP contribution in [0.25, 0.3) is 0 Å². The van der Waals surface area contributed by atoms with Crippen molar-refractivity contribution in [1.29, 1.82) is 0 Å². The molecule has 0 aromatic heterocycles. The predicted molar refractivity (Wildman–Crippen MR) is 84.4 cm³/mol. The molecular formula is C18H19F6NO2. The minimum Gasteiger partial charge on any atom is -0.352 e. The van der Waals surface area contributed by atoms with Crippen molar-refractivity contribution in [3.8, 4) is 0 Å². The monoisotopic (exact) mass is 395 g/mol. The topological polar surface area (TPSA) is 46.2 Å². The van der Waals surface area contributed by atoms with E-state index in [-0.39, 0.29) is 36.2 Å². The second-order valence-electron chi connectivity index (χ2n) is 7.12. The van der Waals surface area contributed by atoms with Gasteiger partial charge in [0.2, 0.25) is 5.91 Å². The van der Waals surface area contributed by atoms with Crippen molar-refractivity contribution in [1.82, 2.24) is 5.32 Å². The number of hydrogen-bond donors (Lipinski definition) is 1. The van der Waals surface area contributed by atoms with E-state index in [9.17, 15) is 35.9 Å². The average molecular weight is 395 g/mol. The fourth-order valence-corrected chi connectivity index (χ4v) is 3.32. The molecule has 150 valence electrons. The van der Waals surface area contributed by atoms with Crippen LogP contribution in [-0.2, 0) is 28.5 Å². The average Bonchev–Trinajstić information content (AvgIpc) is 2.94. The number of hydrogen-bond acceptors (Lipinski definition) is 2. The number of Topliss-reactive ketones (excluding diaryl/α,β-unsaturated/α-hetero) is 1. The van der Waals surface area contributed by atoms with Crippen molar-refractivity contribution in [3.63, 3.8) is 0 Å². The van der Waals surface area contributed by atoms with Crippen molar-refractivity contribution in [2.45, 2.75) is 52.0 Å². The van der Waals surface area contributed by atoms with Crippen LogP contribution in [-0.4, -0.2) is 11.7 Å². The summed E-state index contributed by atoms with van der Waals surface area (Å²) in [6.07, 6.45) is -9.33. The molecule has 1 aromatic rings. The number of halogens is 6. The van der Waals surface area contributed by atoms with Gasteiger partial charge in [0, 0.05) is 19.4 Å². The van der Waals surface area contributed by atoms with E-state index in [1.165, 1.54) is 0 Å². The van der Waals surface area contributed by atoms with Gasteiger partial charge in [-0.2, -0.15) is 26.3 Å². The molecule has 1 aliphatic carbocycles. The number of alkyl halides is 6. The Morgan fingerprint density at radius 3 is 1.96 bits per heavy atom. The molecule has 2 rings (SSSR count). The molecule has 0 heterocycles. The van der Waals surface area contributed by atoms with Gasteiger partial charge in [0.15, 0.2) is 0 Å². The number of benzene rings is 1. The molecule has 1 unspecified atom stereocenters. The maximum Gasteiger partial charge on any atom is 0.416 e. The van der Waals surface area contributed by atoms with Crippen LogP contribution in [0.5, 0.6) is 0 Å². The van der Waals surface area contributed by atoms with Crippen LogP contribution < -0.4 is 5.32 Å². The van der Waals surface area contributed by atoms with Crippen LogP contribution in [0.1, 0.15) is 49.8 Å².